The fraction of sp³-hybridized carbons (Fsp3) is 0.304. The van der Waals surface area contributed by atoms with E-state index in [-0.39, 0.29) is 17.8 Å². The normalized spacial score (nSPS) is 17.6. The summed E-state index contributed by atoms with van der Waals surface area (Å²) >= 11 is 0. The maximum Gasteiger partial charge on any atom is 0.408 e. The van der Waals surface area contributed by atoms with Crippen LogP contribution in [0.2, 0.25) is 0 Å². The monoisotopic (exact) mass is 496 g/mol. The molecule has 0 spiro atoms. The largest absolute Gasteiger partial charge is 0.480 e. The minimum Gasteiger partial charge on any atom is -0.480 e. The molecule has 1 fully saturated rings. The Morgan fingerprint density at radius 1 is 1.03 bits per heavy atom. The summed E-state index contributed by atoms with van der Waals surface area (Å²) in [5.74, 6) is 0.616. The second-order valence-electron chi connectivity index (χ2n) is 8.52. The Kier molecular flexibility index (Phi) is 5.02. The van der Waals surface area contributed by atoms with E-state index in [1.54, 1.807) is 12.3 Å². The van der Waals surface area contributed by atoms with Crippen molar-refractivity contribution in [3.8, 4) is 23.1 Å². The van der Waals surface area contributed by atoms with Crippen molar-refractivity contribution in [3.63, 3.8) is 0 Å². The Morgan fingerprint density at radius 3 is 2.67 bits per heavy atom. The van der Waals surface area contributed by atoms with Gasteiger partial charge in [-0.05, 0) is 42.0 Å². The Balaban J connectivity index is 1.35. The summed E-state index contributed by atoms with van der Waals surface area (Å²) in [5.41, 5.74) is 4.21. The summed E-state index contributed by atoms with van der Waals surface area (Å²) < 4.78 is 51.5. The van der Waals surface area contributed by atoms with Crippen molar-refractivity contribution in [2.75, 3.05) is 14.2 Å². The molecule has 5 aromatic rings. The van der Waals surface area contributed by atoms with E-state index in [0.29, 0.717) is 33.7 Å². The lowest BCUT2D eigenvalue weighted by atomic mass is 10.0. The van der Waals surface area contributed by atoms with Gasteiger partial charge in [0.15, 0.2) is 5.65 Å². The molecule has 0 N–H and O–H groups in total. The third kappa shape index (κ3) is 3.85. The van der Waals surface area contributed by atoms with Crippen LogP contribution in [0.3, 0.4) is 0 Å². The van der Waals surface area contributed by atoms with Gasteiger partial charge in [-0.3, -0.25) is 4.68 Å². The number of nitrogens with zero attached hydrogens (tertiary/aromatic N) is 8. The Hall–Kier alpha value is -4.29. The lowest BCUT2D eigenvalue weighted by Crippen LogP contribution is -2.18. The fourth-order valence-corrected chi connectivity index (χ4v) is 4.57. The molecule has 13 heteroatoms. The average Bonchev–Trinajstić information content (AvgIpc) is 3.35. The van der Waals surface area contributed by atoms with Gasteiger partial charge in [-0.25, -0.2) is 9.97 Å². The minimum atomic E-state index is -4.33. The molecule has 10 nitrogen and oxygen atoms in total. The molecule has 0 saturated heterocycles. The van der Waals surface area contributed by atoms with Gasteiger partial charge in [0.1, 0.15) is 18.6 Å². The Bertz CT molecular complexity index is 1600. The molecule has 36 heavy (non-hydrogen) atoms. The molecule has 0 amide bonds. The van der Waals surface area contributed by atoms with E-state index in [1.165, 1.54) is 31.4 Å². The highest BCUT2D eigenvalue weighted by Gasteiger charge is 2.42. The molecule has 0 radical (unpaired) electrons. The van der Waals surface area contributed by atoms with E-state index in [4.69, 9.17) is 9.47 Å². The molecular weight excluding hydrogens is 477 g/mol. The summed E-state index contributed by atoms with van der Waals surface area (Å²) in [7, 11) is 2.97. The summed E-state index contributed by atoms with van der Waals surface area (Å²) in [6.07, 6.45) is 1.01. The molecule has 4 heterocycles. The molecule has 4 aromatic heterocycles. The van der Waals surface area contributed by atoms with E-state index >= 15 is 0 Å². The molecule has 1 aliphatic rings. The van der Waals surface area contributed by atoms with Crippen molar-refractivity contribution in [2.24, 2.45) is 0 Å². The standard InChI is InChI=1S/C23H19F3N8O2/c1-35-21-17(9-27-22(31-21)36-2)18-7-16(20-28-11-30-34(20)32-18)15-6-14(15)12-3-4-19-13(5-12)8-29-33(19)10-23(24,25)26/h3-5,7-9,11,14-15H,6,10H2,1-2H3/t14-,15+/m1/s1. The topological polar surface area (TPSA) is 105 Å². The second kappa shape index (κ2) is 8.14. The highest BCUT2D eigenvalue weighted by molar-refractivity contribution is 5.80. The fourth-order valence-electron chi connectivity index (χ4n) is 4.57. The minimum absolute atomic E-state index is 0.131. The zero-order valence-electron chi connectivity index (χ0n) is 19.1. The summed E-state index contributed by atoms with van der Waals surface area (Å²) in [4.78, 5) is 12.8. The average molecular weight is 496 g/mol. The highest BCUT2D eigenvalue weighted by atomic mass is 19.4. The van der Waals surface area contributed by atoms with E-state index in [2.05, 4.69) is 30.2 Å². The van der Waals surface area contributed by atoms with Crippen LogP contribution < -0.4 is 9.47 Å². The zero-order valence-corrected chi connectivity index (χ0v) is 19.1. The zero-order chi connectivity index (χ0) is 25.0. The van der Waals surface area contributed by atoms with E-state index in [0.717, 1.165) is 22.2 Å². The number of benzene rings is 1. The second-order valence-corrected chi connectivity index (χ2v) is 8.52. The van der Waals surface area contributed by atoms with Crippen molar-refractivity contribution in [1.82, 2.24) is 39.6 Å². The van der Waals surface area contributed by atoms with E-state index in [1.807, 2.05) is 18.2 Å². The molecule has 1 aliphatic carbocycles. The first-order valence-corrected chi connectivity index (χ1v) is 11.0. The van der Waals surface area contributed by atoms with Crippen LogP contribution in [0.25, 0.3) is 27.8 Å². The SMILES string of the molecule is COc1ncc(-c2cc([C@H]3C[C@@H]3c3ccc4c(cnn4CC(F)(F)F)c3)c3ncnn3n2)c(OC)n1. The Labute approximate surface area is 201 Å². The van der Waals surface area contributed by atoms with Crippen LogP contribution in [0, 0.1) is 0 Å². The summed E-state index contributed by atoms with van der Waals surface area (Å²) in [6, 6.07) is 7.58. The lowest BCUT2D eigenvalue weighted by molar-refractivity contribution is -0.141. The van der Waals surface area contributed by atoms with Gasteiger partial charge in [-0.15, -0.1) is 14.8 Å². The number of ether oxygens (including phenoxy) is 2. The van der Waals surface area contributed by atoms with E-state index < -0.39 is 12.7 Å². The number of halogens is 3. The molecule has 0 bridgehead atoms. The number of aromatic nitrogens is 8. The lowest BCUT2D eigenvalue weighted by Gasteiger charge is -2.10. The van der Waals surface area contributed by atoms with Crippen LogP contribution in [-0.4, -0.2) is 60.0 Å². The predicted molar refractivity (Wildman–Crippen MR) is 121 cm³/mol. The van der Waals surface area contributed by atoms with Crippen LogP contribution in [0.4, 0.5) is 13.2 Å². The van der Waals surface area contributed by atoms with Gasteiger partial charge in [0.05, 0.1) is 31.5 Å². The van der Waals surface area contributed by atoms with E-state index in [9.17, 15) is 13.2 Å². The van der Waals surface area contributed by atoms with Crippen molar-refractivity contribution < 1.29 is 22.6 Å². The van der Waals surface area contributed by atoms with Crippen molar-refractivity contribution in [2.45, 2.75) is 31.0 Å². The first kappa shape index (κ1) is 22.2. The Morgan fingerprint density at radius 2 is 1.89 bits per heavy atom. The third-order valence-corrected chi connectivity index (χ3v) is 6.28. The molecule has 2 atom stereocenters. The number of rotatable bonds is 6. The van der Waals surface area contributed by atoms with Crippen LogP contribution in [-0.2, 0) is 6.54 Å². The summed E-state index contributed by atoms with van der Waals surface area (Å²) in [6.45, 7) is -1.12. The highest BCUT2D eigenvalue weighted by Crippen LogP contribution is 2.56. The van der Waals surface area contributed by atoms with Gasteiger partial charge in [-0.2, -0.15) is 23.3 Å². The molecule has 0 aliphatic heterocycles. The predicted octanol–water partition coefficient (Wildman–Crippen LogP) is 3.78. The van der Waals surface area contributed by atoms with Gasteiger partial charge in [0.2, 0.25) is 5.88 Å². The number of hydrogen-bond donors (Lipinski definition) is 0. The first-order valence-electron chi connectivity index (χ1n) is 11.0. The molecular formula is C23H19F3N8O2. The number of methoxy groups -OCH3 is 2. The quantitative estimate of drug-likeness (QED) is 0.350. The molecule has 184 valence electrons. The van der Waals surface area contributed by atoms with Crippen molar-refractivity contribution in [3.05, 3.63) is 54.1 Å². The molecule has 0 unspecified atom stereocenters. The van der Waals surface area contributed by atoms with Crippen LogP contribution in [0.5, 0.6) is 11.9 Å². The van der Waals surface area contributed by atoms with Gasteiger partial charge in [0, 0.05) is 17.1 Å². The first-order chi connectivity index (χ1) is 17.3. The molecule has 1 saturated carbocycles. The van der Waals surface area contributed by atoms with Gasteiger partial charge in [-0.1, -0.05) is 6.07 Å². The number of fused-ring (bicyclic) bond motifs is 2. The molecule has 1 aromatic carbocycles. The van der Waals surface area contributed by atoms with Gasteiger partial charge >= 0.3 is 12.2 Å². The summed E-state index contributed by atoms with van der Waals surface area (Å²) in [5, 5.41) is 13.4. The number of hydrogen-bond acceptors (Lipinski definition) is 8. The van der Waals surface area contributed by atoms with Crippen LogP contribution in [0.15, 0.2) is 43.0 Å². The smallest absolute Gasteiger partial charge is 0.408 e. The maximum absolute atomic E-state index is 12.8. The van der Waals surface area contributed by atoms with Crippen molar-refractivity contribution in [1.29, 1.82) is 0 Å². The van der Waals surface area contributed by atoms with Gasteiger partial charge in [0.25, 0.3) is 0 Å². The van der Waals surface area contributed by atoms with Crippen LogP contribution in [0.1, 0.15) is 29.4 Å². The third-order valence-electron chi connectivity index (χ3n) is 6.28. The van der Waals surface area contributed by atoms with Crippen molar-refractivity contribution >= 4 is 16.6 Å². The van der Waals surface area contributed by atoms with Gasteiger partial charge < -0.3 is 9.47 Å². The van der Waals surface area contributed by atoms with Crippen LogP contribution >= 0.6 is 0 Å². The number of alkyl halides is 3. The maximum atomic E-state index is 12.8. The molecule has 6 rings (SSSR count).